The van der Waals surface area contributed by atoms with Gasteiger partial charge in [-0.25, -0.2) is 4.79 Å². The Hall–Kier alpha value is -2.76. The second-order valence-electron chi connectivity index (χ2n) is 9.04. The lowest BCUT2D eigenvalue weighted by Crippen LogP contribution is -2.41. The average Bonchev–Trinajstić information content (AvgIpc) is 3.43. The van der Waals surface area contributed by atoms with Crippen molar-refractivity contribution in [2.24, 2.45) is 5.14 Å². The summed E-state index contributed by atoms with van der Waals surface area (Å²) in [5.41, 5.74) is 7.36. The molecule has 0 aromatic heterocycles. The zero-order valence-corrected chi connectivity index (χ0v) is 19.3. The molecule has 2 amide bonds. The molecule has 1 aliphatic carbocycles. The summed E-state index contributed by atoms with van der Waals surface area (Å²) in [6.45, 7) is 3.44. The van der Waals surface area contributed by atoms with Crippen LogP contribution in [0.4, 0.5) is 10.5 Å². The maximum Gasteiger partial charge on any atom is 0.322 e. The van der Waals surface area contributed by atoms with Crippen LogP contribution in [-0.4, -0.2) is 12.6 Å². The molecule has 1 spiro atoms. The molecule has 32 heavy (non-hydrogen) atoms. The van der Waals surface area contributed by atoms with Gasteiger partial charge in [0.15, 0.2) is 0 Å². The fourth-order valence-corrected chi connectivity index (χ4v) is 5.65. The van der Waals surface area contributed by atoms with E-state index in [-0.39, 0.29) is 11.4 Å². The molecule has 0 atom stereocenters. The quantitative estimate of drug-likeness (QED) is 0.474. The fraction of sp³-hybridized carbons (Fsp3) is 0.296. The van der Waals surface area contributed by atoms with Crippen molar-refractivity contribution in [3.05, 3.63) is 83.4 Å². The Morgan fingerprint density at radius 1 is 1.06 bits per heavy atom. The average molecular weight is 444 g/mol. The second-order valence-corrected chi connectivity index (χ2v) is 9.75. The minimum Gasteiger partial charge on any atom is -0.334 e. The third-order valence-electron chi connectivity index (χ3n) is 7.08. The zero-order valence-electron chi connectivity index (χ0n) is 18.4. The summed E-state index contributed by atoms with van der Waals surface area (Å²) in [6.07, 6.45) is 4.77. The van der Waals surface area contributed by atoms with E-state index in [0.29, 0.717) is 6.54 Å². The predicted octanol–water partition coefficient (Wildman–Crippen LogP) is 6.17. The maximum atomic E-state index is 13.2. The van der Waals surface area contributed by atoms with Crippen molar-refractivity contribution in [3.63, 3.8) is 0 Å². The summed E-state index contributed by atoms with van der Waals surface area (Å²) in [5, 5.41) is 8.73. The lowest BCUT2D eigenvalue weighted by molar-refractivity contribution is 0.245. The highest BCUT2D eigenvalue weighted by atomic mass is 32.2. The smallest absolute Gasteiger partial charge is 0.322 e. The third-order valence-corrected chi connectivity index (χ3v) is 7.63. The number of carbonyl (C=O) groups excluding carboxylic acids is 1. The van der Waals surface area contributed by atoms with Crippen LogP contribution in [0.2, 0.25) is 0 Å². The highest BCUT2D eigenvalue weighted by molar-refractivity contribution is 7.97. The monoisotopic (exact) mass is 443 g/mol. The van der Waals surface area contributed by atoms with Crippen molar-refractivity contribution in [2.75, 3.05) is 11.4 Å². The molecule has 1 saturated carbocycles. The molecule has 0 saturated heterocycles. The van der Waals surface area contributed by atoms with E-state index in [0.717, 1.165) is 35.5 Å². The number of carbonyl (C=O) groups is 1. The van der Waals surface area contributed by atoms with Gasteiger partial charge in [0.2, 0.25) is 0 Å². The van der Waals surface area contributed by atoms with Crippen molar-refractivity contribution >= 4 is 23.7 Å². The highest BCUT2D eigenvalue weighted by Crippen LogP contribution is 2.51. The molecule has 3 aromatic carbocycles. The van der Waals surface area contributed by atoms with Crippen molar-refractivity contribution in [2.45, 2.75) is 49.5 Å². The Kier molecular flexibility index (Phi) is 5.70. The minimum absolute atomic E-state index is 0.0176. The molecular formula is C27H29N3OS. The number of amides is 2. The van der Waals surface area contributed by atoms with E-state index in [1.165, 1.54) is 47.0 Å². The maximum absolute atomic E-state index is 13.2. The predicted molar refractivity (Wildman–Crippen MR) is 133 cm³/mol. The SMILES string of the molecule is Cc1ccccc1-c1ccc2c(c1)C1(CCCC1)CN2C(=O)NCc1ccc(SN)cc1. The number of anilines is 1. The van der Waals surface area contributed by atoms with E-state index in [1.54, 1.807) is 0 Å². The zero-order chi connectivity index (χ0) is 22.1. The van der Waals surface area contributed by atoms with E-state index in [1.807, 2.05) is 29.2 Å². The van der Waals surface area contributed by atoms with Gasteiger partial charge in [0.25, 0.3) is 0 Å². The highest BCUT2D eigenvalue weighted by Gasteiger charge is 2.46. The lowest BCUT2D eigenvalue weighted by atomic mass is 9.80. The van der Waals surface area contributed by atoms with E-state index < -0.39 is 0 Å². The van der Waals surface area contributed by atoms with Crippen LogP contribution in [0.25, 0.3) is 11.1 Å². The first kappa shape index (κ1) is 21.1. The number of rotatable bonds is 4. The van der Waals surface area contributed by atoms with Gasteiger partial charge < -0.3 is 5.32 Å². The van der Waals surface area contributed by atoms with Crippen LogP contribution in [0.5, 0.6) is 0 Å². The van der Waals surface area contributed by atoms with Gasteiger partial charge in [-0.1, -0.05) is 55.3 Å². The number of nitrogens with zero attached hydrogens (tertiary/aromatic N) is 1. The Morgan fingerprint density at radius 2 is 1.81 bits per heavy atom. The van der Waals surface area contributed by atoms with Crippen LogP contribution in [0.1, 0.15) is 42.4 Å². The first-order valence-electron chi connectivity index (χ1n) is 11.3. The fourth-order valence-electron chi connectivity index (χ4n) is 5.35. The normalized spacial score (nSPS) is 16.4. The number of benzene rings is 3. The first-order valence-corrected chi connectivity index (χ1v) is 12.2. The van der Waals surface area contributed by atoms with E-state index >= 15 is 0 Å². The Labute approximate surface area is 194 Å². The summed E-state index contributed by atoms with van der Waals surface area (Å²) in [6, 6.07) is 23.2. The molecule has 3 aromatic rings. The molecule has 5 rings (SSSR count). The Balaban J connectivity index is 1.42. The lowest BCUT2D eigenvalue weighted by Gasteiger charge is -2.25. The van der Waals surface area contributed by atoms with E-state index in [9.17, 15) is 4.79 Å². The van der Waals surface area contributed by atoms with Crippen molar-refractivity contribution in [3.8, 4) is 11.1 Å². The van der Waals surface area contributed by atoms with Crippen molar-refractivity contribution in [1.29, 1.82) is 0 Å². The molecule has 0 bridgehead atoms. The van der Waals surface area contributed by atoms with E-state index in [2.05, 4.69) is 54.7 Å². The standard InChI is InChI=1S/C27H29N3OS/c1-19-6-2-3-7-23(19)21-10-13-25-24(16-21)27(14-4-5-15-27)18-30(25)26(31)29-17-20-8-11-22(32-28)12-9-20/h2-3,6-13,16H,4-5,14-15,17-18,28H2,1H3,(H,29,31). The summed E-state index contributed by atoms with van der Waals surface area (Å²) in [4.78, 5) is 16.2. The van der Waals surface area contributed by atoms with Gasteiger partial charge in [0.1, 0.15) is 0 Å². The first-order chi connectivity index (χ1) is 15.6. The number of hydrogen-bond donors (Lipinski definition) is 2. The molecule has 4 nitrogen and oxygen atoms in total. The summed E-state index contributed by atoms with van der Waals surface area (Å²) in [5.74, 6) is 0. The summed E-state index contributed by atoms with van der Waals surface area (Å²) in [7, 11) is 0. The minimum atomic E-state index is -0.0176. The van der Waals surface area contributed by atoms with Crippen LogP contribution in [0.3, 0.4) is 0 Å². The molecule has 1 fully saturated rings. The third kappa shape index (κ3) is 3.80. The molecular weight excluding hydrogens is 414 g/mol. The van der Waals surface area contributed by atoms with Gasteiger partial charge in [0.05, 0.1) is 0 Å². The number of hydrogen-bond acceptors (Lipinski definition) is 3. The van der Waals surface area contributed by atoms with E-state index in [4.69, 9.17) is 5.14 Å². The van der Waals surface area contributed by atoms with Gasteiger partial charge in [-0.2, -0.15) is 0 Å². The van der Waals surface area contributed by atoms with Gasteiger partial charge >= 0.3 is 6.03 Å². The van der Waals surface area contributed by atoms with Gasteiger partial charge in [-0.15, -0.1) is 0 Å². The Bertz CT molecular complexity index is 1140. The molecule has 0 unspecified atom stereocenters. The molecule has 2 aliphatic rings. The number of nitrogens with one attached hydrogen (secondary N) is 1. The van der Waals surface area contributed by atoms with Crippen molar-refractivity contribution in [1.82, 2.24) is 5.32 Å². The molecule has 5 heteroatoms. The number of nitrogens with two attached hydrogens (primary N) is 1. The number of aryl methyl sites for hydroxylation is 1. The number of urea groups is 1. The summed E-state index contributed by atoms with van der Waals surface area (Å²) < 4.78 is 0. The number of fused-ring (bicyclic) bond motifs is 2. The molecule has 1 heterocycles. The molecule has 0 radical (unpaired) electrons. The Morgan fingerprint density at radius 3 is 2.53 bits per heavy atom. The van der Waals surface area contributed by atoms with Crippen LogP contribution < -0.4 is 15.4 Å². The van der Waals surface area contributed by atoms with Crippen LogP contribution in [0, 0.1) is 6.92 Å². The summed E-state index contributed by atoms with van der Waals surface area (Å²) >= 11 is 1.23. The van der Waals surface area contributed by atoms with Gasteiger partial charge in [0, 0.05) is 29.1 Å². The second kappa shape index (κ2) is 8.64. The van der Waals surface area contributed by atoms with Gasteiger partial charge in [-0.3, -0.25) is 10.0 Å². The van der Waals surface area contributed by atoms with Gasteiger partial charge in [-0.05, 0) is 83.8 Å². The molecule has 164 valence electrons. The van der Waals surface area contributed by atoms with Crippen LogP contribution >= 0.6 is 11.9 Å². The molecule has 3 N–H and O–H groups in total. The van der Waals surface area contributed by atoms with Crippen molar-refractivity contribution < 1.29 is 4.79 Å². The largest absolute Gasteiger partial charge is 0.334 e. The van der Waals surface area contributed by atoms with Crippen LogP contribution in [-0.2, 0) is 12.0 Å². The van der Waals surface area contributed by atoms with Crippen LogP contribution in [0.15, 0.2) is 71.6 Å². The topological polar surface area (TPSA) is 58.4 Å². The molecule has 1 aliphatic heterocycles.